The van der Waals surface area contributed by atoms with Crippen molar-refractivity contribution in [1.29, 1.82) is 0 Å². The summed E-state index contributed by atoms with van der Waals surface area (Å²) in [6.45, 7) is 0.317. The zero-order chi connectivity index (χ0) is 31.8. The Labute approximate surface area is 246 Å². The average Bonchev–Trinajstić information content (AvgIpc) is 3.65. The highest BCUT2D eigenvalue weighted by Gasteiger charge is 2.30. The molecule has 43 heavy (non-hydrogen) atoms. The largest absolute Gasteiger partial charge is 0.480 e. The van der Waals surface area contributed by atoms with Crippen LogP contribution < -0.4 is 44.6 Å². The van der Waals surface area contributed by atoms with Gasteiger partial charge in [-0.3, -0.25) is 24.4 Å². The smallest absolute Gasteiger partial charge is 0.326 e. The van der Waals surface area contributed by atoms with Crippen LogP contribution in [0.5, 0.6) is 0 Å². The molecule has 4 unspecified atom stereocenters. The van der Waals surface area contributed by atoms with E-state index in [0.29, 0.717) is 11.4 Å². The second kappa shape index (κ2) is 17.6. The number of hydrogen-bond acceptors (Lipinski definition) is 9. The molecule has 0 saturated carbocycles. The van der Waals surface area contributed by atoms with Crippen LogP contribution in [-0.2, 0) is 32.0 Å². The van der Waals surface area contributed by atoms with Gasteiger partial charge in [-0.05, 0) is 25.7 Å². The Morgan fingerprint density at radius 2 is 1.21 bits per heavy atom. The first-order valence-corrected chi connectivity index (χ1v) is 13.4. The van der Waals surface area contributed by atoms with Crippen LogP contribution in [0.4, 0.5) is 0 Å². The Hall–Kier alpha value is -5.20. The SMILES string of the molecule is NC(N)=NCCCC(NC(=O)C(CCCN=C(N)N)NC(=O)C(Cc1cnc[nH]1)NC(=O)C(N)Cc1cnc[nH]1)C(=O)O. The molecule has 0 fully saturated rings. The number of H-pyrrole nitrogens is 2. The van der Waals surface area contributed by atoms with E-state index in [1.54, 1.807) is 0 Å². The van der Waals surface area contributed by atoms with Gasteiger partial charge in [0.1, 0.15) is 18.1 Å². The molecule has 0 bridgehead atoms. The molecule has 0 spiro atoms. The van der Waals surface area contributed by atoms with Crippen LogP contribution in [0.2, 0.25) is 0 Å². The lowest BCUT2D eigenvalue weighted by Crippen LogP contribution is -2.57. The number of carboxylic acid groups (broad SMARTS) is 1. The van der Waals surface area contributed by atoms with Crippen molar-refractivity contribution in [3.05, 3.63) is 36.4 Å². The van der Waals surface area contributed by atoms with Crippen molar-refractivity contribution in [2.75, 3.05) is 13.1 Å². The molecule has 236 valence electrons. The molecule has 2 aromatic rings. The zero-order valence-corrected chi connectivity index (χ0v) is 23.5. The summed E-state index contributed by atoms with van der Waals surface area (Å²) in [6, 6.07) is -4.64. The van der Waals surface area contributed by atoms with Crippen molar-refractivity contribution in [2.24, 2.45) is 38.7 Å². The molecule has 0 aliphatic heterocycles. The Kier molecular flexibility index (Phi) is 13.9. The van der Waals surface area contributed by atoms with Gasteiger partial charge >= 0.3 is 5.97 Å². The molecular weight excluding hydrogens is 564 g/mol. The minimum absolute atomic E-state index is 0.000761. The van der Waals surface area contributed by atoms with E-state index in [1.165, 1.54) is 25.0 Å². The van der Waals surface area contributed by atoms with E-state index in [-0.39, 0.29) is 63.5 Å². The van der Waals surface area contributed by atoms with Crippen molar-refractivity contribution in [1.82, 2.24) is 35.9 Å². The minimum atomic E-state index is -1.28. The number of carbonyl (C=O) groups excluding carboxylic acids is 3. The Balaban J connectivity index is 2.18. The summed E-state index contributed by atoms with van der Waals surface area (Å²) in [5.74, 6) is -3.65. The average molecular weight is 605 g/mol. The van der Waals surface area contributed by atoms with Gasteiger partial charge in [-0.2, -0.15) is 0 Å². The summed E-state index contributed by atoms with van der Waals surface area (Å²) in [5.41, 5.74) is 28.5. The lowest BCUT2D eigenvalue weighted by atomic mass is 10.1. The number of nitrogens with two attached hydrogens (primary N) is 5. The summed E-state index contributed by atoms with van der Waals surface area (Å²) >= 11 is 0. The van der Waals surface area contributed by atoms with Gasteiger partial charge in [0, 0.05) is 49.7 Å². The molecule has 0 radical (unpaired) electrons. The number of imidazole rings is 2. The quantitative estimate of drug-likeness (QED) is 0.0414. The first kappa shape index (κ1) is 34.0. The number of nitrogens with zero attached hydrogens (tertiary/aromatic N) is 4. The van der Waals surface area contributed by atoms with Crippen LogP contribution in [0.1, 0.15) is 37.1 Å². The number of aromatic amines is 2. The molecule has 0 saturated heterocycles. The minimum Gasteiger partial charge on any atom is -0.480 e. The molecule has 2 aromatic heterocycles. The molecular formula is C24H40N14O5. The van der Waals surface area contributed by atoms with Gasteiger partial charge in [0.15, 0.2) is 11.9 Å². The molecule has 0 aromatic carbocycles. The second-order valence-corrected chi connectivity index (χ2v) is 9.59. The molecule has 16 N–H and O–H groups in total. The van der Waals surface area contributed by atoms with Crippen LogP contribution >= 0.6 is 0 Å². The maximum absolute atomic E-state index is 13.5. The van der Waals surface area contributed by atoms with E-state index in [0.717, 1.165) is 0 Å². The van der Waals surface area contributed by atoms with Crippen LogP contribution in [0.15, 0.2) is 35.0 Å². The standard InChI is InChI=1S/C24H40N14O5/c25-15(7-13-9-30-11-34-13)19(39)38-18(8-14-10-31-12-35-14)21(41)36-16(3-1-5-32-23(26)27)20(40)37-17(22(42)43)4-2-6-33-24(28)29/h9-12,15-18H,1-8,25H2,(H,30,34)(H,31,35)(H,36,41)(H,37,40)(H,38,39)(H,42,43)(H4,26,27,32)(H4,28,29,33). The Bertz CT molecular complexity index is 1220. The van der Waals surface area contributed by atoms with Crippen molar-refractivity contribution in [3.8, 4) is 0 Å². The molecule has 19 nitrogen and oxygen atoms in total. The van der Waals surface area contributed by atoms with E-state index in [1.807, 2.05) is 0 Å². The van der Waals surface area contributed by atoms with Gasteiger partial charge in [-0.15, -0.1) is 0 Å². The molecule has 0 aliphatic rings. The fraction of sp³-hybridized carbons (Fsp3) is 0.500. The maximum Gasteiger partial charge on any atom is 0.326 e. The number of carbonyl (C=O) groups is 4. The highest BCUT2D eigenvalue weighted by Crippen LogP contribution is 2.07. The van der Waals surface area contributed by atoms with Gasteiger partial charge in [-0.1, -0.05) is 0 Å². The van der Waals surface area contributed by atoms with Crippen molar-refractivity contribution >= 4 is 35.6 Å². The highest BCUT2D eigenvalue weighted by molar-refractivity contribution is 5.94. The van der Waals surface area contributed by atoms with E-state index >= 15 is 0 Å². The summed E-state index contributed by atoms with van der Waals surface area (Å²) < 4.78 is 0. The van der Waals surface area contributed by atoms with Gasteiger partial charge in [0.05, 0.1) is 18.7 Å². The maximum atomic E-state index is 13.5. The predicted octanol–water partition coefficient (Wildman–Crippen LogP) is -4.11. The van der Waals surface area contributed by atoms with Gasteiger partial charge < -0.3 is 59.7 Å². The fourth-order valence-electron chi connectivity index (χ4n) is 3.91. The topological polar surface area (TPSA) is 337 Å². The third-order valence-electron chi connectivity index (χ3n) is 6.08. The van der Waals surface area contributed by atoms with Crippen molar-refractivity contribution < 1.29 is 24.3 Å². The van der Waals surface area contributed by atoms with Gasteiger partial charge in [0.2, 0.25) is 17.7 Å². The monoisotopic (exact) mass is 604 g/mol. The van der Waals surface area contributed by atoms with Crippen molar-refractivity contribution in [2.45, 2.75) is 62.7 Å². The number of nitrogens with one attached hydrogen (secondary N) is 5. The normalized spacial score (nSPS) is 13.5. The number of guanidine groups is 2. The number of aliphatic carboxylic acids is 1. The Morgan fingerprint density at radius 1 is 0.744 bits per heavy atom. The van der Waals surface area contributed by atoms with E-state index < -0.39 is 47.9 Å². The number of hydrogen-bond donors (Lipinski definition) is 11. The molecule has 2 rings (SSSR count). The third kappa shape index (κ3) is 12.9. The summed E-state index contributed by atoms with van der Waals surface area (Å²) in [5, 5.41) is 17.3. The number of carboxylic acids is 1. The van der Waals surface area contributed by atoms with Crippen LogP contribution in [0.25, 0.3) is 0 Å². The summed E-state index contributed by atoms with van der Waals surface area (Å²) in [7, 11) is 0. The first-order chi connectivity index (χ1) is 20.5. The number of rotatable bonds is 19. The van der Waals surface area contributed by atoms with Crippen molar-refractivity contribution in [3.63, 3.8) is 0 Å². The second-order valence-electron chi connectivity index (χ2n) is 9.59. The molecule has 19 heteroatoms. The van der Waals surface area contributed by atoms with Crippen LogP contribution in [0, 0.1) is 0 Å². The third-order valence-corrected chi connectivity index (χ3v) is 6.08. The zero-order valence-electron chi connectivity index (χ0n) is 23.5. The summed E-state index contributed by atoms with van der Waals surface area (Å²) in [4.78, 5) is 72.7. The number of aliphatic imine (C=N–C) groups is 2. The van der Waals surface area contributed by atoms with E-state index in [2.05, 4.69) is 45.9 Å². The lowest BCUT2D eigenvalue weighted by Gasteiger charge is -2.25. The lowest BCUT2D eigenvalue weighted by molar-refractivity contribution is -0.142. The predicted molar refractivity (Wildman–Crippen MR) is 156 cm³/mol. The molecule has 4 atom stereocenters. The van der Waals surface area contributed by atoms with Crippen LogP contribution in [-0.4, -0.2) is 97.9 Å². The first-order valence-electron chi connectivity index (χ1n) is 13.4. The molecule has 2 heterocycles. The summed E-state index contributed by atoms with van der Waals surface area (Å²) in [6.07, 6.45) is 6.63. The molecule has 3 amide bonds. The van der Waals surface area contributed by atoms with Gasteiger partial charge in [-0.25, -0.2) is 14.8 Å². The highest BCUT2D eigenvalue weighted by atomic mass is 16.4. The van der Waals surface area contributed by atoms with E-state index in [9.17, 15) is 24.3 Å². The Morgan fingerprint density at radius 3 is 1.70 bits per heavy atom. The van der Waals surface area contributed by atoms with Gasteiger partial charge in [0.25, 0.3) is 0 Å². The molecule has 0 aliphatic carbocycles. The fourth-order valence-corrected chi connectivity index (χ4v) is 3.91. The van der Waals surface area contributed by atoms with Crippen LogP contribution in [0.3, 0.4) is 0 Å². The number of amides is 3. The van der Waals surface area contributed by atoms with E-state index in [4.69, 9.17) is 28.7 Å². The number of aromatic nitrogens is 4.